The number of imide groups is 1. The van der Waals surface area contributed by atoms with Crippen LogP contribution in [0.1, 0.15) is 16.8 Å². The normalized spacial score (nSPS) is 15.4. The lowest BCUT2D eigenvalue weighted by Crippen LogP contribution is -2.49. The Kier molecular flexibility index (Phi) is 3.52. The van der Waals surface area contributed by atoms with Gasteiger partial charge in [-0.3, -0.25) is 15.0 Å². The Labute approximate surface area is 115 Å². The smallest absolute Gasteiger partial charge is 0.338 e. The molecule has 1 fully saturated rings. The maximum atomic E-state index is 13.4. The van der Waals surface area contributed by atoms with Crippen molar-refractivity contribution < 1.29 is 23.9 Å². The summed E-state index contributed by atoms with van der Waals surface area (Å²) >= 11 is 3.07. The van der Waals surface area contributed by atoms with Crippen LogP contribution in [-0.2, 0) is 4.79 Å². The van der Waals surface area contributed by atoms with Gasteiger partial charge in [-0.1, -0.05) is 0 Å². The van der Waals surface area contributed by atoms with E-state index in [1.165, 1.54) is 4.90 Å². The van der Waals surface area contributed by atoms with E-state index in [1.54, 1.807) is 0 Å². The molecule has 2 N–H and O–H groups in total. The number of carbonyl (C=O) groups is 3. The fraction of sp³-hybridized carbons (Fsp3) is 0.182. The number of anilines is 1. The predicted molar refractivity (Wildman–Crippen MR) is 66.6 cm³/mol. The largest absolute Gasteiger partial charge is 0.478 e. The number of carboxylic acids is 1. The van der Waals surface area contributed by atoms with Gasteiger partial charge in [0.2, 0.25) is 5.91 Å². The second-order valence-electron chi connectivity index (χ2n) is 3.84. The van der Waals surface area contributed by atoms with Crippen molar-refractivity contribution in [2.24, 2.45) is 0 Å². The van der Waals surface area contributed by atoms with Crippen molar-refractivity contribution in [2.75, 3.05) is 11.4 Å². The number of nitrogens with one attached hydrogen (secondary N) is 1. The van der Waals surface area contributed by atoms with Gasteiger partial charge in [-0.25, -0.2) is 14.0 Å². The quantitative estimate of drug-likeness (QED) is 0.864. The van der Waals surface area contributed by atoms with Crippen LogP contribution in [0.15, 0.2) is 16.6 Å². The maximum Gasteiger partial charge on any atom is 0.338 e. The molecule has 3 amide bonds. The highest BCUT2D eigenvalue weighted by atomic mass is 79.9. The number of aromatic carboxylic acids is 1. The number of benzene rings is 1. The molecule has 0 unspecified atom stereocenters. The van der Waals surface area contributed by atoms with Gasteiger partial charge in [-0.15, -0.1) is 0 Å². The van der Waals surface area contributed by atoms with Gasteiger partial charge in [-0.2, -0.15) is 0 Å². The molecule has 19 heavy (non-hydrogen) atoms. The van der Waals surface area contributed by atoms with Crippen LogP contribution in [0.3, 0.4) is 0 Å². The number of carbonyl (C=O) groups excluding carboxylic acids is 2. The highest BCUT2D eigenvalue weighted by Crippen LogP contribution is 2.30. The summed E-state index contributed by atoms with van der Waals surface area (Å²) in [7, 11) is 0. The van der Waals surface area contributed by atoms with Gasteiger partial charge in [0.1, 0.15) is 5.82 Å². The van der Waals surface area contributed by atoms with E-state index in [-0.39, 0.29) is 23.1 Å². The Morgan fingerprint density at radius 3 is 2.68 bits per heavy atom. The molecule has 1 aromatic rings. The molecule has 2 rings (SSSR count). The van der Waals surface area contributed by atoms with Crippen LogP contribution in [0.25, 0.3) is 0 Å². The van der Waals surface area contributed by atoms with Gasteiger partial charge in [0.25, 0.3) is 0 Å². The van der Waals surface area contributed by atoms with E-state index in [9.17, 15) is 18.8 Å². The molecule has 1 saturated heterocycles. The van der Waals surface area contributed by atoms with Crippen molar-refractivity contribution >= 4 is 39.5 Å². The molecule has 1 aromatic carbocycles. The molecule has 6 nitrogen and oxygen atoms in total. The Bertz CT molecular complexity index is 590. The third kappa shape index (κ3) is 2.58. The first-order valence-electron chi connectivity index (χ1n) is 5.24. The highest BCUT2D eigenvalue weighted by Gasteiger charge is 2.27. The van der Waals surface area contributed by atoms with Gasteiger partial charge in [0.15, 0.2) is 0 Å². The average Bonchev–Trinajstić information content (AvgIpc) is 2.30. The first-order chi connectivity index (χ1) is 8.90. The van der Waals surface area contributed by atoms with Crippen molar-refractivity contribution in [3.05, 3.63) is 28.0 Å². The molecule has 1 heterocycles. The molecule has 8 heteroatoms. The molecule has 0 aliphatic carbocycles. The summed E-state index contributed by atoms with van der Waals surface area (Å²) in [5, 5.41) is 11.0. The van der Waals surface area contributed by atoms with E-state index in [2.05, 4.69) is 21.2 Å². The standard InChI is InChI=1S/C11H8BrFN2O4/c12-6-4-7(13)5(10(17)18)3-8(6)15-2-1-9(16)14-11(15)19/h3-4H,1-2H2,(H,17,18)(H,14,16,19). The number of hydrogen-bond donors (Lipinski definition) is 2. The van der Waals surface area contributed by atoms with Gasteiger partial charge >= 0.3 is 12.0 Å². The van der Waals surface area contributed by atoms with Crippen LogP contribution < -0.4 is 10.2 Å². The van der Waals surface area contributed by atoms with Gasteiger partial charge < -0.3 is 5.11 Å². The van der Waals surface area contributed by atoms with Crippen LogP contribution in [0.4, 0.5) is 14.9 Å². The number of rotatable bonds is 2. The minimum Gasteiger partial charge on any atom is -0.478 e. The van der Waals surface area contributed by atoms with Gasteiger partial charge in [0.05, 0.1) is 11.3 Å². The van der Waals surface area contributed by atoms with Crippen molar-refractivity contribution in [3.63, 3.8) is 0 Å². The van der Waals surface area contributed by atoms with Crippen LogP contribution in [0, 0.1) is 5.82 Å². The van der Waals surface area contributed by atoms with Crippen LogP contribution >= 0.6 is 15.9 Å². The molecule has 0 bridgehead atoms. The average molecular weight is 331 g/mol. The number of amides is 3. The summed E-state index contributed by atoms with van der Waals surface area (Å²) in [6.45, 7) is 0.105. The van der Waals surface area contributed by atoms with E-state index in [4.69, 9.17) is 5.11 Å². The van der Waals surface area contributed by atoms with E-state index in [0.29, 0.717) is 0 Å². The molecular weight excluding hydrogens is 323 g/mol. The summed E-state index contributed by atoms with van der Waals surface area (Å²) in [4.78, 5) is 34.7. The summed E-state index contributed by atoms with van der Waals surface area (Å²) in [6.07, 6.45) is 0.0952. The molecule has 0 aromatic heterocycles. The third-order valence-electron chi connectivity index (χ3n) is 2.61. The Balaban J connectivity index is 2.44. The Morgan fingerprint density at radius 1 is 1.42 bits per heavy atom. The number of nitrogens with zero attached hydrogens (tertiary/aromatic N) is 1. The lowest BCUT2D eigenvalue weighted by molar-refractivity contribution is -0.120. The second-order valence-corrected chi connectivity index (χ2v) is 4.70. The number of carboxylic acid groups (broad SMARTS) is 1. The highest BCUT2D eigenvalue weighted by molar-refractivity contribution is 9.10. The van der Waals surface area contributed by atoms with Crippen molar-refractivity contribution in [3.8, 4) is 0 Å². The lowest BCUT2D eigenvalue weighted by Gasteiger charge is -2.27. The third-order valence-corrected chi connectivity index (χ3v) is 3.25. The first kappa shape index (κ1) is 13.5. The summed E-state index contributed by atoms with van der Waals surface area (Å²) in [6, 6.07) is 1.36. The van der Waals surface area contributed by atoms with E-state index >= 15 is 0 Å². The Morgan fingerprint density at radius 2 is 2.11 bits per heavy atom. The Hall–Kier alpha value is -1.96. The maximum absolute atomic E-state index is 13.4. The van der Waals surface area contributed by atoms with Crippen LogP contribution in [-0.4, -0.2) is 29.6 Å². The minimum absolute atomic E-state index is 0.0952. The van der Waals surface area contributed by atoms with Gasteiger partial charge in [-0.05, 0) is 28.1 Å². The molecular formula is C11H8BrFN2O4. The summed E-state index contributed by atoms with van der Waals surface area (Å²) in [5.74, 6) is -2.74. The van der Waals surface area contributed by atoms with Crippen molar-refractivity contribution in [1.82, 2.24) is 5.32 Å². The van der Waals surface area contributed by atoms with E-state index < -0.39 is 29.3 Å². The van der Waals surface area contributed by atoms with Crippen LogP contribution in [0.5, 0.6) is 0 Å². The van der Waals surface area contributed by atoms with Crippen LogP contribution in [0.2, 0.25) is 0 Å². The summed E-state index contributed by atoms with van der Waals surface area (Å²) < 4.78 is 13.7. The molecule has 1 aliphatic rings. The molecule has 100 valence electrons. The molecule has 0 spiro atoms. The summed E-state index contributed by atoms with van der Waals surface area (Å²) in [5.41, 5.74) is -0.341. The van der Waals surface area contributed by atoms with Crippen molar-refractivity contribution in [2.45, 2.75) is 6.42 Å². The predicted octanol–water partition coefficient (Wildman–Crippen LogP) is 1.73. The first-order valence-corrected chi connectivity index (χ1v) is 6.03. The second kappa shape index (κ2) is 4.96. The SMILES string of the molecule is O=C1CCN(c2cc(C(=O)O)c(F)cc2Br)C(=O)N1. The monoisotopic (exact) mass is 330 g/mol. The zero-order valence-corrected chi connectivity index (χ0v) is 11.0. The van der Waals surface area contributed by atoms with E-state index in [1.807, 2.05) is 0 Å². The molecule has 1 aliphatic heterocycles. The molecule has 0 radical (unpaired) electrons. The molecule has 0 saturated carbocycles. The fourth-order valence-corrected chi connectivity index (χ4v) is 2.23. The van der Waals surface area contributed by atoms with E-state index in [0.717, 1.165) is 12.1 Å². The lowest BCUT2D eigenvalue weighted by atomic mass is 10.1. The number of hydrogen-bond acceptors (Lipinski definition) is 3. The fourth-order valence-electron chi connectivity index (χ4n) is 1.70. The zero-order chi connectivity index (χ0) is 14.2. The topological polar surface area (TPSA) is 86.7 Å². The minimum atomic E-state index is -1.43. The number of halogens is 2. The van der Waals surface area contributed by atoms with Gasteiger partial charge in [0, 0.05) is 17.4 Å². The number of urea groups is 1. The molecule has 0 atom stereocenters. The van der Waals surface area contributed by atoms with Crippen molar-refractivity contribution in [1.29, 1.82) is 0 Å². The zero-order valence-electron chi connectivity index (χ0n) is 9.44.